The van der Waals surface area contributed by atoms with E-state index in [1.165, 1.54) is 57.8 Å². The monoisotopic (exact) mass is 289 g/mol. The fraction of sp³-hybridized carbons (Fsp3) is 0.833. The topological polar surface area (TPSA) is 29.9 Å². The van der Waals surface area contributed by atoms with Gasteiger partial charge < -0.3 is 9.88 Å². The molecule has 118 valence electrons. The van der Waals surface area contributed by atoms with E-state index in [0.717, 1.165) is 11.6 Å². The first kappa shape index (κ1) is 14.9. The first-order valence-corrected chi connectivity index (χ1v) is 8.85. The van der Waals surface area contributed by atoms with Crippen molar-refractivity contribution in [2.45, 2.75) is 90.6 Å². The molecule has 0 saturated heterocycles. The summed E-state index contributed by atoms with van der Waals surface area (Å²) in [6.07, 6.45) is 14.3. The van der Waals surface area contributed by atoms with Crippen LogP contribution in [0.5, 0.6) is 0 Å². The number of aryl methyl sites for hydroxylation is 1. The molecule has 21 heavy (non-hydrogen) atoms. The SMILES string of the molecule is Cc1cn(C2CCCCC2)c(NC2CCCC(C)(C)C2)n1. The second-order valence-electron chi connectivity index (χ2n) is 8.01. The van der Waals surface area contributed by atoms with Crippen LogP contribution in [0.15, 0.2) is 6.20 Å². The lowest BCUT2D eigenvalue weighted by Gasteiger charge is -2.36. The van der Waals surface area contributed by atoms with Gasteiger partial charge in [-0.15, -0.1) is 0 Å². The summed E-state index contributed by atoms with van der Waals surface area (Å²) in [6, 6.07) is 1.26. The zero-order valence-electron chi connectivity index (χ0n) is 14.0. The first-order chi connectivity index (χ1) is 10.0. The maximum absolute atomic E-state index is 4.78. The second-order valence-corrected chi connectivity index (χ2v) is 8.01. The molecular weight excluding hydrogens is 258 g/mol. The Morgan fingerprint density at radius 1 is 1.14 bits per heavy atom. The average Bonchev–Trinajstić information content (AvgIpc) is 2.79. The molecular formula is C18H31N3. The molecule has 0 aliphatic heterocycles. The number of aromatic nitrogens is 2. The zero-order chi connectivity index (χ0) is 14.9. The third kappa shape index (κ3) is 3.61. The number of hydrogen-bond acceptors (Lipinski definition) is 2. The summed E-state index contributed by atoms with van der Waals surface area (Å²) in [5.41, 5.74) is 1.63. The number of hydrogen-bond donors (Lipinski definition) is 1. The predicted octanol–water partition coefficient (Wildman–Crippen LogP) is 5.08. The van der Waals surface area contributed by atoms with Gasteiger partial charge >= 0.3 is 0 Å². The van der Waals surface area contributed by atoms with Gasteiger partial charge in [0.1, 0.15) is 0 Å². The number of imidazole rings is 1. The van der Waals surface area contributed by atoms with Crippen LogP contribution >= 0.6 is 0 Å². The molecule has 1 aromatic heterocycles. The van der Waals surface area contributed by atoms with Crippen LogP contribution in [0.2, 0.25) is 0 Å². The Morgan fingerprint density at radius 3 is 2.62 bits per heavy atom. The summed E-state index contributed by atoms with van der Waals surface area (Å²) in [5.74, 6) is 1.13. The third-order valence-corrected chi connectivity index (χ3v) is 5.36. The van der Waals surface area contributed by atoms with E-state index in [1.54, 1.807) is 0 Å². The highest BCUT2D eigenvalue weighted by Crippen LogP contribution is 2.37. The summed E-state index contributed by atoms with van der Waals surface area (Å²) >= 11 is 0. The predicted molar refractivity (Wildman–Crippen MR) is 88.7 cm³/mol. The fourth-order valence-corrected chi connectivity index (χ4v) is 4.26. The van der Waals surface area contributed by atoms with E-state index in [1.807, 2.05) is 0 Å². The van der Waals surface area contributed by atoms with Gasteiger partial charge in [0.15, 0.2) is 0 Å². The molecule has 2 saturated carbocycles. The molecule has 1 heterocycles. The summed E-state index contributed by atoms with van der Waals surface area (Å²) in [4.78, 5) is 4.78. The van der Waals surface area contributed by atoms with Gasteiger partial charge in [0.05, 0.1) is 5.69 Å². The molecule has 2 aliphatic rings. The van der Waals surface area contributed by atoms with Gasteiger partial charge in [-0.3, -0.25) is 0 Å². The molecule has 1 unspecified atom stereocenters. The molecule has 0 amide bonds. The Morgan fingerprint density at radius 2 is 1.90 bits per heavy atom. The highest BCUT2D eigenvalue weighted by Gasteiger charge is 2.29. The van der Waals surface area contributed by atoms with E-state index < -0.39 is 0 Å². The molecule has 2 fully saturated rings. The number of anilines is 1. The fourth-order valence-electron chi connectivity index (χ4n) is 4.26. The van der Waals surface area contributed by atoms with Crippen LogP contribution in [-0.4, -0.2) is 15.6 Å². The molecule has 3 nitrogen and oxygen atoms in total. The van der Waals surface area contributed by atoms with Crippen molar-refractivity contribution in [3.05, 3.63) is 11.9 Å². The van der Waals surface area contributed by atoms with Crippen molar-refractivity contribution in [1.29, 1.82) is 0 Å². The molecule has 0 radical (unpaired) electrons. The van der Waals surface area contributed by atoms with Crippen molar-refractivity contribution in [3.8, 4) is 0 Å². The smallest absolute Gasteiger partial charge is 0.203 e. The van der Waals surface area contributed by atoms with E-state index in [0.29, 0.717) is 17.5 Å². The molecule has 0 aromatic carbocycles. The van der Waals surface area contributed by atoms with Gasteiger partial charge in [0.25, 0.3) is 0 Å². The number of nitrogens with zero attached hydrogens (tertiary/aromatic N) is 2. The molecule has 1 N–H and O–H groups in total. The highest BCUT2D eigenvalue weighted by atomic mass is 15.2. The van der Waals surface area contributed by atoms with Crippen molar-refractivity contribution in [2.24, 2.45) is 5.41 Å². The minimum atomic E-state index is 0.479. The summed E-state index contributed by atoms with van der Waals surface area (Å²) in [7, 11) is 0. The Kier molecular flexibility index (Phi) is 4.28. The van der Waals surface area contributed by atoms with Crippen molar-refractivity contribution in [3.63, 3.8) is 0 Å². The average molecular weight is 289 g/mol. The van der Waals surface area contributed by atoms with Crippen LogP contribution in [0.1, 0.15) is 83.4 Å². The molecule has 1 aromatic rings. The van der Waals surface area contributed by atoms with Gasteiger partial charge in [-0.2, -0.15) is 0 Å². The van der Waals surface area contributed by atoms with Crippen LogP contribution in [-0.2, 0) is 0 Å². The molecule has 3 heteroatoms. The van der Waals surface area contributed by atoms with Gasteiger partial charge in [-0.05, 0) is 44.4 Å². The van der Waals surface area contributed by atoms with Crippen LogP contribution in [0, 0.1) is 12.3 Å². The lowest BCUT2D eigenvalue weighted by Crippen LogP contribution is -2.33. The van der Waals surface area contributed by atoms with E-state index >= 15 is 0 Å². The first-order valence-electron chi connectivity index (χ1n) is 8.85. The van der Waals surface area contributed by atoms with Crippen molar-refractivity contribution in [2.75, 3.05) is 5.32 Å². The molecule has 0 spiro atoms. The zero-order valence-corrected chi connectivity index (χ0v) is 14.0. The third-order valence-electron chi connectivity index (χ3n) is 5.36. The van der Waals surface area contributed by atoms with E-state index in [4.69, 9.17) is 4.98 Å². The number of nitrogens with one attached hydrogen (secondary N) is 1. The molecule has 0 bridgehead atoms. The Labute approximate surface area is 129 Å². The molecule has 3 rings (SSSR count). The molecule has 1 atom stereocenters. The minimum absolute atomic E-state index is 0.479. The lowest BCUT2D eigenvalue weighted by molar-refractivity contribution is 0.228. The summed E-state index contributed by atoms with van der Waals surface area (Å²) < 4.78 is 2.44. The number of rotatable bonds is 3. The standard InChI is InChI=1S/C18H31N3/c1-14-13-21(16-9-5-4-6-10-16)17(19-14)20-15-8-7-11-18(2,3)12-15/h13,15-16H,4-12H2,1-3H3,(H,19,20). The van der Waals surface area contributed by atoms with Crippen LogP contribution in [0.4, 0.5) is 5.95 Å². The Hall–Kier alpha value is -0.990. The summed E-state index contributed by atoms with van der Waals surface area (Å²) in [6.45, 7) is 6.93. The van der Waals surface area contributed by atoms with E-state index in [-0.39, 0.29) is 0 Å². The van der Waals surface area contributed by atoms with Gasteiger partial charge in [-0.25, -0.2) is 4.98 Å². The maximum Gasteiger partial charge on any atom is 0.203 e. The maximum atomic E-state index is 4.78. The van der Waals surface area contributed by atoms with E-state index in [9.17, 15) is 0 Å². The van der Waals surface area contributed by atoms with Gasteiger partial charge in [-0.1, -0.05) is 39.5 Å². The van der Waals surface area contributed by atoms with Crippen LogP contribution in [0.3, 0.4) is 0 Å². The highest BCUT2D eigenvalue weighted by molar-refractivity contribution is 5.31. The van der Waals surface area contributed by atoms with Crippen LogP contribution < -0.4 is 5.32 Å². The Balaban J connectivity index is 1.72. The van der Waals surface area contributed by atoms with Crippen LogP contribution in [0.25, 0.3) is 0 Å². The second kappa shape index (κ2) is 6.02. The Bertz CT molecular complexity index is 469. The summed E-state index contributed by atoms with van der Waals surface area (Å²) in [5, 5.41) is 3.78. The van der Waals surface area contributed by atoms with Gasteiger partial charge in [0, 0.05) is 18.3 Å². The largest absolute Gasteiger partial charge is 0.353 e. The van der Waals surface area contributed by atoms with E-state index in [2.05, 4.69) is 36.9 Å². The lowest BCUT2D eigenvalue weighted by atomic mass is 9.75. The normalized spacial score (nSPS) is 26.7. The molecule has 2 aliphatic carbocycles. The quantitative estimate of drug-likeness (QED) is 0.841. The van der Waals surface area contributed by atoms with Crippen molar-refractivity contribution >= 4 is 5.95 Å². The van der Waals surface area contributed by atoms with Gasteiger partial charge in [0.2, 0.25) is 5.95 Å². The van der Waals surface area contributed by atoms with Crippen molar-refractivity contribution < 1.29 is 0 Å². The minimum Gasteiger partial charge on any atom is -0.353 e. The van der Waals surface area contributed by atoms with Crippen molar-refractivity contribution in [1.82, 2.24) is 9.55 Å².